The van der Waals surface area contributed by atoms with Crippen LogP contribution >= 0.6 is 12.6 Å². The Morgan fingerprint density at radius 3 is 2.58 bits per heavy atom. The molecule has 0 unspecified atom stereocenters. The average Bonchev–Trinajstić information content (AvgIpc) is 2.47. The van der Waals surface area contributed by atoms with E-state index in [1.807, 2.05) is 12.1 Å². The first kappa shape index (κ1) is 13.5. The van der Waals surface area contributed by atoms with Gasteiger partial charge >= 0.3 is 0 Å². The summed E-state index contributed by atoms with van der Waals surface area (Å²) in [5.74, 6) is 1.61. The van der Waals surface area contributed by atoms with Crippen LogP contribution in [0.2, 0.25) is 0 Å². The van der Waals surface area contributed by atoms with Crippen molar-refractivity contribution < 1.29 is 9.47 Å². The Balaban J connectivity index is 2.50. The molecule has 0 aliphatic heterocycles. The highest BCUT2D eigenvalue weighted by atomic mass is 32.1. The fourth-order valence-corrected chi connectivity index (χ4v) is 1.94. The minimum absolute atomic E-state index is 0.223. The molecule has 0 saturated carbocycles. The molecule has 0 atom stereocenters. The van der Waals surface area contributed by atoms with Crippen LogP contribution in [0.4, 0.5) is 0 Å². The SMILES string of the molecule is COc1ccc(-c2cc(CS)c(=O)[nH]n2)cc1OC. The molecule has 0 bridgehead atoms. The Morgan fingerprint density at radius 2 is 1.95 bits per heavy atom. The maximum absolute atomic E-state index is 11.4. The van der Waals surface area contributed by atoms with Gasteiger partial charge in [-0.2, -0.15) is 17.7 Å². The summed E-state index contributed by atoms with van der Waals surface area (Å²) in [5.41, 5.74) is 1.84. The molecule has 1 aromatic heterocycles. The number of nitrogens with zero attached hydrogens (tertiary/aromatic N) is 1. The van der Waals surface area contributed by atoms with E-state index in [1.165, 1.54) is 0 Å². The lowest BCUT2D eigenvalue weighted by molar-refractivity contribution is 0.355. The molecular formula is C13H14N2O3S. The summed E-state index contributed by atoms with van der Waals surface area (Å²) >= 11 is 4.12. The predicted octanol–water partition coefficient (Wildman–Crippen LogP) is 1.88. The predicted molar refractivity (Wildman–Crippen MR) is 76.1 cm³/mol. The molecule has 6 heteroatoms. The number of hydrogen-bond acceptors (Lipinski definition) is 5. The van der Waals surface area contributed by atoms with Crippen molar-refractivity contribution in [2.24, 2.45) is 0 Å². The van der Waals surface area contributed by atoms with E-state index in [1.54, 1.807) is 26.4 Å². The van der Waals surface area contributed by atoms with Gasteiger partial charge in [-0.05, 0) is 24.3 Å². The number of H-pyrrole nitrogens is 1. The van der Waals surface area contributed by atoms with Crippen molar-refractivity contribution in [3.8, 4) is 22.8 Å². The third-order valence-electron chi connectivity index (χ3n) is 2.73. The number of ether oxygens (including phenoxy) is 2. The summed E-state index contributed by atoms with van der Waals surface area (Å²) < 4.78 is 10.4. The zero-order valence-corrected chi connectivity index (χ0v) is 11.5. The van der Waals surface area contributed by atoms with Crippen LogP contribution in [-0.2, 0) is 5.75 Å². The Kier molecular flexibility index (Phi) is 4.11. The second-order valence-electron chi connectivity index (χ2n) is 3.84. The molecule has 2 rings (SSSR count). The van der Waals surface area contributed by atoms with Crippen LogP contribution in [0, 0.1) is 0 Å². The molecule has 0 aliphatic rings. The van der Waals surface area contributed by atoms with E-state index in [2.05, 4.69) is 22.8 Å². The summed E-state index contributed by atoms with van der Waals surface area (Å²) in [5, 5.41) is 6.48. The largest absolute Gasteiger partial charge is 0.493 e. The number of thiol groups is 1. The van der Waals surface area contributed by atoms with Gasteiger partial charge in [0.05, 0.1) is 19.9 Å². The van der Waals surface area contributed by atoms with Crippen molar-refractivity contribution in [1.82, 2.24) is 10.2 Å². The highest BCUT2D eigenvalue weighted by molar-refractivity contribution is 7.79. The van der Waals surface area contributed by atoms with Crippen LogP contribution in [-0.4, -0.2) is 24.4 Å². The van der Waals surface area contributed by atoms with Gasteiger partial charge in [-0.3, -0.25) is 4.79 Å². The average molecular weight is 278 g/mol. The van der Waals surface area contributed by atoms with E-state index in [9.17, 15) is 4.79 Å². The third kappa shape index (κ3) is 2.73. The third-order valence-corrected chi connectivity index (χ3v) is 3.07. The molecule has 0 fully saturated rings. The zero-order chi connectivity index (χ0) is 13.8. The first-order chi connectivity index (χ1) is 9.19. The van der Waals surface area contributed by atoms with Crippen molar-refractivity contribution in [3.63, 3.8) is 0 Å². The Bertz CT molecular complexity index is 640. The highest BCUT2D eigenvalue weighted by Gasteiger charge is 2.09. The smallest absolute Gasteiger partial charge is 0.268 e. The Labute approximate surface area is 116 Å². The topological polar surface area (TPSA) is 64.2 Å². The van der Waals surface area contributed by atoms with E-state index in [-0.39, 0.29) is 5.56 Å². The molecular weight excluding hydrogens is 264 g/mol. The number of methoxy groups -OCH3 is 2. The molecule has 100 valence electrons. The quantitative estimate of drug-likeness (QED) is 0.838. The lowest BCUT2D eigenvalue weighted by atomic mass is 10.1. The van der Waals surface area contributed by atoms with E-state index in [0.717, 1.165) is 5.56 Å². The number of benzene rings is 1. The minimum atomic E-state index is -0.223. The first-order valence-corrected chi connectivity index (χ1v) is 6.24. The van der Waals surface area contributed by atoms with Crippen molar-refractivity contribution in [1.29, 1.82) is 0 Å². The van der Waals surface area contributed by atoms with E-state index < -0.39 is 0 Å². The van der Waals surface area contributed by atoms with Gasteiger partial charge in [0.25, 0.3) is 5.56 Å². The molecule has 1 aromatic carbocycles. The minimum Gasteiger partial charge on any atom is -0.493 e. The van der Waals surface area contributed by atoms with Crippen LogP contribution in [0.5, 0.6) is 11.5 Å². The summed E-state index contributed by atoms with van der Waals surface area (Å²) in [6.45, 7) is 0. The maximum Gasteiger partial charge on any atom is 0.268 e. The van der Waals surface area contributed by atoms with Crippen LogP contribution < -0.4 is 15.0 Å². The van der Waals surface area contributed by atoms with Gasteiger partial charge in [-0.25, -0.2) is 5.10 Å². The van der Waals surface area contributed by atoms with Gasteiger partial charge < -0.3 is 9.47 Å². The summed E-state index contributed by atoms with van der Waals surface area (Å²) in [7, 11) is 3.15. The van der Waals surface area contributed by atoms with Gasteiger partial charge in [0.15, 0.2) is 11.5 Å². The van der Waals surface area contributed by atoms with E-state index in [0.29, 0.717) is 28.5 Å². The van der Waals surface area contributed by atoms with Crippen molar-refractivity contribution >= 4 is 12.6 Å². The second-order valence-corrected chi connectivity index (χ2v) is 4.15. The van der Waals surface area contributed by atoms with Gasteiger partial charge in [0, 0.05) is 16.9 Å². The van der Waals surface area contributed by atoms with Gasteiger partial charge in [0.2, 0.25) is 0 Å². The van der Waals surface area contributed by atoms with E-state index in [4.69, 9.17) is 9.47 Å². The molecule has 0 saturated heterocycles. The van der Waals surface area contributed by atoms with Gasteiger partial charge in [0.1, 0.15) is 0 Å². The number of aromatic amines is 1. The van der Waals surface area contributed by atoms with Crippen molar-refractivity contribution in [3.05, 3.63) is 40.2 Å². The Morgan fingerprint density at radius 1 is 1.21 bits per heavy atom. The number of nitrogens with one attached hydrogen (secondary N) is 1. The molecule has 1 heterocycles. The fraction of sp³-hybridized carbons (Fsp3) is 0.231. The maximum atomic E-state index is 11.4. The summed E-state index contributed by atoms with van der Waals surface area (Å²) in [6.07, 6.45) is 0. The molecule has 5 nitrogen and oxygen atoms in total. The van der Waals surface area contributed by atoms with Gasteiger partial charge in [-0.15, -0.1) is 0 Å². The lowest BCUT2D eigenvalue weighted by Gasteiger charge is -2.09. The number of hydrogen-bond donors (Lipinski definition) is 2. The number of aromatic nitrogens is 2. The first-order valence-electron chi connectivity index (χ1n) is 5.61. The molecule has 0 radical (unpaired) electrons. The lowest BCUT2D eigenvalue weighted by Crippen LogP contribution is -2.13. The second kappa shape index (κ2) is 5.79. The van der Waals surface area contributed by atoms with Crippen molar-refractivity contribution in [2.75, 3.05) is 14.2 Å². The van der Waals surface area contributed by atoms with Crippen LogP contribution in [0.1, 0.15) is 5.56 Å². The molecule has 0 spiro atoms. The molecule has 0 amide bonds. The molecule has 2 aromatic rings. The summed E-state index contributed by atoms with van der Waals surface area (Å²) in [4.78, 5) is 11.4. The fourth-order valence-electron chi connectivity index (χ4n) is 1.71. The van der Waals surface area contributed by atoms with Crippen molar-refractivity contribution in [2.45, 2.75) is 5.75 Å². The van der Waals surface area contributed by atoms with Crippen LogP contribution in [0.3, 0.4) is 0 Å². The highest BCUT2D eigenvalue weighted by Crippen LogP contribution is 2.31. The van der Waals surface area contributed by atoms with Gasteiger partial charge in [-0.1, -0.05) is 0 Å². The number of rotatable bonds is 4. The molecule has 1 N–H and O–H groups in total. The van der Waals surface area contributed by atoms with Crippen LogP contribution in [0.15, 0.2) is 29.1 Å². The standard InChI is InChI=1S/C13H14N2O3S/c1-17-11-4-3-8(6-12(11)18-2)10-5-9(7-19)13(16)15-14-10/h3-6,19H,7H2,1-2H3,(H,15,16). The summed E-state index contributed by atoms with van der Waals surface area (Å²) in [6, 6.07) is 7.17. The monoisotopic (exact) mass is 278 g/mol. The molecule has 19 heavy (non-hydrogen) atoms. The van der Waals surface area contributed by atoms with Crippen LogP contribution in [0.25, 0.3) is 11.3 Å². The normalized spacial score (nSPS) is 10.3. The Hall–Kier alpha value is -1.95. The molecule has 0 aliphatic carbocycles. The van der Waals surface area contributed by atoms with E-state index >= 15 is 0 Å². The zero-order valence-electron chi connectivity index (χ0n) is 10.6.